The van der Waals surface area contributed by atoms with Gasteiger partial charge in [0.2, 0.25) is 0 Å². The van der Waals surface area contributed by atoms with E-state index >= 15 is 0 Å². The Kier molecular flexibility index (Phi) is 2.28. The first-order valence-corrected chi connectivity index (χ1v) is 7.71. The molecule has 4 atom stereocenters. The van der Waals surface area contributed by atoms with E-state index in [1.807, 2.05) is 24.3 Å². The summed E-state index contributed by atoms with van der Waals surface area (Å²) in [6, 6.07) is 8.37. The Morgan fingerprint density at radius 1 is 1.29 bits per heavy atom. The van der Waals surface area contributed by atoms with Crippen molar-refractivity contribution >= 4 is 16.9 Å². The number of amides is 1. The smallest absolute Gasteiger partial charge is 0.277 e. The average molecular weight is 283 g/mol. The van der Waals surface area contributed by atoms with Gasteiger partial charge in [0.15, 0.2) is 11.3 Å². The standard InChI is InChI=1S/C16H17N3O2/c20-16(15-12-3-1-2-4-14(12)21-17-15)19-11-7-10-8-18(9-11)6-5-13(10)19/h1-4,10-11,13H,5-9H2. The second-order valence-electron chi connectivity index (χ2n) is 6.50. The minimum absolute atomic E-state index is 0.0567. The molecule has 0 N–H and O–H groups in total. The van der Waals surface area contributed by atoms with Crippen molar-refractivity contribution in [3.8, 4) is 0 Å². The Balaban J connectivity index is 1.57. The normalized spacial score (nSPS) is 33.8. The lowest BCUT2D eigenvalue weighted by Crippen LogP contribution is -2.44. The molecule has 21 heavy (non-hydrogen) atoms. The van der Waals surface area contributed by atoms with E-state index in [-0.39, 0.29) is 5.91 Å². The molecule has 3 aliphatic heterocycles. The number of fused-ring (bicyclic) bond motifs is 3. The molecule has 1 amide bonds. The molecule has 0 saturated carbocycles. The molecular formula is C16H17N3O2. The Labute approximate surface area is 122 Å². The van der Waals surface area contributed by atoms with Crippen LogP contribution in [0.25, 0.3) is 11.0 Å². The molecule has 4 heterocycles. The Morgan fingerprint density at radius 3 is 3.14 bits per heavy atom. The number of benzene rings is 1. The number of para-hydroxylation sites is 1. The predicted octanol–water partition coefficient (Wildman–Crippen LogP) is 1.75. The molecule has 1 aromatic heterocycles. The van der Waals surface area contributed by atoms with E-state index in [0.717, 1.165) is 37.9 Å². The summed E-state index contributed by atoms with van der Waals surface area (Å²) in [4.78, 5) is 17.7. The molecule has 3 fully saturated rings. The second kappa shape index (κ2) is 4.07. The highest BCUT2D eigenvalue weighted by Crippen LogP contribution is 2.41. The Hall–Kier alpha value is -1.88. The monoisotopic (exact) mass is 283 g/mol. The number of hydrogen-bond acceptors (Lipinski definition) is 4. The molecule has 3 aliphatic rings. The van der Waals surface area contributed by atoms with Gasteiger partial charge in [-0.2, -0.15) is 0 Å². The van der Waals surface area contributed by atoms with Crippen molar-refractivity contribution in [3.05, 3.63) is 30.0 Å². The van der Waals surface area contributed by atoms with Crippen LogP contribution in [0.5, 0.6) is 0 Å². The molecule has 3 saturated heterocycles. The van der Waals surface area contributed by atoms with E-state index < -0.39 is 0 Å². The third-order valence-corrected chi connectivity index (χ3v) is 5.39. The van der Waals surface area contributed by atoms with Gasteiger partial charge in [0.25, 0.3) is 5.91 Å². The van der Waals surface area contributed by atoms with Gasteiger partial charge in [0.05, 0.1) is 5.39 Å². The van der Waals surface area contributed by atoms with Crippen molar-refractivity contribution in [2.45, 2.75) is 24.9 Å². The zero-order valence-electron chi connectivity index (χ0n) is 11.7. The molecule has 2 aromatic rings. The van der Waals surface area contributed by atoms with Crippen LogP contribution in [0.4, 0.5) is 0 Å². The van der Waals surface area contributed by atoms with Gasteiger partial charge < -0.3 is 14.3 Å². The summed E-state index contributed by atoms with van der Waals surface area (Å²) in [6.07, 6.45) is 2.26. The molecule has 0 aliphatic carbocycles. The molecule has 4 unspecified atom stereocenters. The zero-order chi connectivity index (χ0) is 14.0. The van der Waals surface area contributed by atoms with Crippen LogP contribution in [0.1, 0.15) is 23.3 Å². The van der Waals surface area contributed by atoms with E-state index in [2.05, 4.69) is 15.0 Å². The topological polar surface area (TPSA) is 49.6 Å². The van der Waals surface area contributed by atoms with Gasteiger partial charge in [-0.3, -0.25) is 4.79 Å². The number of likely N-dealkylation sites (tertiary alicyclic amines) is 1. The van der Waals surface area contributed by atoms with Gasteiger partial charge in [-0.05, 0) is 30.9 Å². The van der Waals surface area contributed by atoms with Crippen LogP contribution in [0, 0.1) is 5.92 Å². The highest BCUT2D eigenvalue weighted by Gasteiger charge is 2.51. The maximum atomic E-state index is 13.0. The van der Waals surface area contributed by atoms with Gasteiger partial charge in [0.1, 0.15) is 0 Å². The summed E-state index contributed by atoms with van der Waals surface area (Å²) in [7, 11) is 0. The fourth-order valence-corrected chi connectivity index (χ4v) is 4.53. The molecule has 108 valence electrons. The average Bonchev–Trinajstić information content (AvgIpc) is 2.99. The van der Waals surface area contributed by atoms with Gasteiger partial charge in [-0.1, -0.05) is 17.3 Å². The highest BCUT2D eigenvalue weighted by molar-refractivity contribution is 6.04. The SMILES string of the molecule is O=C(c1noc2ccccc12)N1C2CC3CN(CCC31)C2. The first-order chi connectivity index (χ1) is 10.3. The van der Waals surface area contributed by atoms with Crippen molar-refractivity contribution in [3.63, 3.8) is 0 Å². The number of carbonyl (C=O) groups is 1. The lowest BCUT2D eigenvalue weighted by molar-refractivity contribution is 0.0664. The van der Waals surface area contributed by atoms with Gasteiger partial charge in [-0.15, -0.1) is 0 Å². The number of rotatable bonds is 1. The fraction of sp³-hybridized carbons (Fsp3) is 0.500. The van der Waals surface area contributed by atoms with Gasteiger partial charge in [0, 0.05) is 31.7 Å². The predicted molar refractivity (Wildman–Crippen MR) is 76.9 cm³/mol. The van der Waals surface area contributed by atoms with Crippen molar-refractivity contribution in [1.82, 2.24) is 15.0 Å². The maximum Gasteiger partial charge on any atom is 0.277 e. The molecule has 5 heteroatoms. The van der Waals surface area contributed by atoms with Crippen molar-refractivity contribution in [1.29, 1.82) is 0 Å². The Morgan fingerprint density at radius 2 is 2.19 bits per heavy atom. The van der Waals surface area contributed by atoms with Crippen molar-refractivity contribution < 1.29 is 9.32 Å². The highest BCUT2D eigenvalue weighted by atomic mass is 16.5. The quantitative estimate of drug-likeness (QED) is 0.800. The number of nitrogens with zero attached hydrogens (tertiary/aromatic N) is 3. The fourth-order valence-electron chi connectivity index (χ4n) is 4.53. The number of aromatic nitrogens is 1. The van der Waals surface area contributed by atoms with Crippen LogP contribution < -0.4 is 0 Å². The molecule has 0 spiro atoms. The number of carbonyl (C=O) groups excluding carboxylic acids is 1. The molecule has 5 rings (SSSR count). The van der Waals surface area contributed by atoms with Crippen LogP contribution in [0.3, 0.4) is 0 Å². The molecule has 0 radical (unpaired) electrons. The van der Waals surface area contributed by atoms with E-state index in [1.165, 1.54) is 0 Å². The summed E-state index contributed by atoms with van der Waals surface area (Å²) < 4.78 is 5.31. The summed E-state index contributed by atoms with van der Waals surface area (Å²) in [5, 5.41) is 4.89. The summed E-state index contributed by atoms with van der Waals surface area (Å²) in [5.41, 5.74) is 1.17. The van der Waals surface area contributed by atoms with E-state index in [4.69, 9.17) is 4.52 Å². The first kappa shape index (κ1) is 11.7. The number of piperidine rings is 2. The summed E-state index contributed by atoms with van der Waals surface area (Å²) >= 11 is 0. The number of hydrogen-bond donors (Lipinski definition) is 0. The molecular weight excluding hydrogens is 266 g/mol. The van der Waals surface area contributed by atoms with Gasteiger partial charge in [-0.25, -0.2) is 0 Å². The lowest BCUT2D eigenvalue weighted by Gasteiger charge is -2.35. The van der Waals surface area contributed by atoms with Crippen LogP contribution in [0.15, 0.2) is 28.8 Å². The first-order valence-electron chi connectivity index (χ1n) is 7.71. The Bertz CT molecular complexity index is 725. The van der Waals surface area contributed by atoms with Crippen LogP contribution in [-0.4, -0.2) is 52.6 Å². The zero-order valence-corrected chi connectivity index (χ0v) is 11.7. The van der Waals surface area contributed by atoms with Crippen molar-refractivity contribution in [2.75, 3.05) is 19.6 Å². The summed E-state index contributed by atoms with van der Waals surface area (Å²) in [5.74, 6) is 0.709. The molecule has 5 nitrogen and oxygen atoms in total. The second-order valence-corrected chi connectivity index (χ2v) is 6.50. The lowest BCUT2D eigenvalue weighted by atomic mass is 9.89. The molecule has 3 bridgehead atoms. The van der Waals surface area contributed by atoms with Gasteiger partial charge >= 0.3 is 0 Å². The largest absolute Gasteiger partial charge is 0.355 e. The van der Waals surface area contributed by atoms with E-state index in [0.29, 0.717) is 29.3 Å². The minimum atomic E-state index is 0.0567. The minimum Gasteiger partial charge on any atom is -0.355 e. The third-order valence-electron chi connectivity index (χ3n) is 5.39. The van der Waals surface area contributed by atoms with Crippen LogP contribution in [-0.2, 0) is 0 Å². The van der Waals surface area contributed by atoms with Crippen molar-refractivity contribution in [2.24, 2.45) is 5.92 Å². The maximum absolute atomic E-state index is 13.0. The summed E-state index contributed by atoms with van der Waals surface area (Å²) in [6.45, 7) is 3.31. The van der Waals surface area contributed by atoms with Crippen LogP contribution >= 0.6 is 0 Å². The molecule has 1 aromatic carbocycles. The van der Waals surface area contributed by atoms with E-state index in [1.54, 1.807) is 0 Å². The third kappa shape index (κ3) is 1.55. The van der Waals surface area contributed by atoms with Crippen LogP contribution in [0.2, 0.25) is 0 Å². The van der Waals surface area contributed by atoms with E-state index in [9.17, 15) is 4.79 Å².